The van der Waals surface area contributed by atoms with Gasteiger partial charge in [-0.25, -0.2) is 14.2 Å². The van der Waals surface area contributed by atoms with E-state index >= 15 is 0 Å². The SMILES string of the molecule is CSc1nc2c(F)c(Cl)nc(OCC[C@@H]3NC[C@@H]4CC[C@H]3N4C(=O)OC(C)(C)C)c2c(=O)[nH]1. The first-order valence-electron chi connectivity index (χ1n) is 10.8. The summed E-state index contributed by atoms with van der Waals surface area (Å²) >= 11 is 7.11. The lowest BCUT2D eigenvalue weighted by Gasteiger charge is -2.41. The fourth-order valence-electron chi connectivity index (χ4n) is 4.41. The summed E-state index contributed by atoms with van der Waals surface area (Å²) in [6.45, 7) is 6.42. The largest absolute Gasteiger partial charge is 0.477 e. The minimum Gasteiger partial charge on any atom is -0.477 e. The van der Waals surface area contributed by atoms with Gasteiger partial charge in [-0.05, 0) is 46.3 Å². The number of carbonyl (C=O) groups is 1. The molecule has 3 atom stereocenters. The lowest BCUT2D eigenvalue weighted by Crippen LogP contribution is -2.60. The van der Waals surface area contributed by atoms with Gasteiger partial charge in [0.1, 0.15) is 16.5 Å². The third kappa shape index (κ3) is 4.90. The summed E-state index contributed by atoms with van der Waals surface area (Å²) in [7, 11) is 0. The Morgan fingerprint density at radius 2 is 2.09 bits per heavy atom. The zero-order valence-electron chi connectivity index (χ0n) is 18.9. The van der Waals surface area contributed by atoms with Crippen molar-refractivity contribution in [1.82, 2.24) is 25.2 Å². The summed E-state index contributed by atoms with van der Waals surface area (Å²) in [5.41, 5.74) is -1.29. The van der Waals surface area contributed by atoms with E-state index in [1.807, 2.05) is 25.7 Å². The van der Waals surface area contributed by atoms with Crippen LogP contribution in [0.4, 0.5) is 9.18 Å². The summed E-state index contributed by atoms with van der Waals surface area (Å²) in [6.07, 6.45) is 3.73. The number of piperazine rings is 1. The number of hydrogen-bond donors (Lipinski definition) is 2. The van der Waals surface area contributed by atoms with Crippen LogP contribution in [0.25, 0.3) is 10.9 Å². The Balaban J connectivity index is 1.49. The van der Waals surface area contributed by atoms with Crippen molar-refractivity contribution >= 4 is 40.4 Å². The molecule has 1 amide bonds. The van der Waals surface area contributed by atoms with Crippen molar-refractivity contribution in [3.8, 4) is 5.88 Å². The summed E-state index contributed by atoms with van der Waals surface area (Å²) < 4.78 is 25.9. The number of H-pyrrole nitrogens is 1. The zero-order valence-corrected chi connectivity index (χ0v) is 20.5. The zero-order chi connectivity index (χ0) is 23.9. The molecule has 180 valence electrons. The molecule has 0 saturated carbocycles. The number of thioether (sulfide) groups is 1. The molecule has 2 aliphatic heterocycles. The summed E-state index contributed by atoms with van der Waals surface area (Å²) in [6, 6.07) is 0.0784. The van der Waals surface area contributed by atoms with Crippen molar-refractivity contribution in [3.63, 3.8) is 0 Å². The Kier molecular flexibility index (Phi) is 6.75. The second-order valence-corrected chi connectivity index (χ2v) is 10.3. The van der Waals surface area contributed by atoms with E-state index in [-0.39, 0.29) is 52.8 Å². The summed E-state index contributed by atoms with van der Waals surface area (Å²) in [5.74, 6) is -0.929. The fourth-order valence-corrected chi connectivity index (χ4v) is 4.95. The minimum absolute atomic E-state index is 0.0158. The number of amides is 1. The quantitative estimate of drug-likeness (QED) is 0.366. The molecule has 0 aliphatic carbocycles. The van der Waals surface area contributed by atoms with E-state index in [2.05, 4.69) is 20.3 Å². The van der Waals surface area contributed by atoms with Crippen molar-refractivity contribution in [1.29, 1.82) is 0 Å². The van der Waals surface area contributed by atoms with Gasteiger partial charge in [-0.2, -0.15) is 4.98 Å². The van der Waals surface area contributed by atoms with Gasteiger partial charge in [-0.3, -0.25) is 9.69 Å². The van der Waals surface area contributed by atoms with E-state index < -0.39 is 22.1 Å². The van der Waals surface area contributed by atoms with Crippen molar-refractivity contribution in [2.45, 2.75) is 68.9 Å². The number of aromatic nitrogens is 3. The number of fused-ring (bicyclic) bond motifs is 3. The standard InChI is InChI=1S/C21H27ClFN5O4S/c1-21(2,3)32-20(30)28-10-5-6-12(28)11(24-9-10)7-8-31-18-13-15(14(23)16(22)26-18)25-19(33-4)27-17(13)29/h10-12,24H,5-9H2,1-4H3,(H,25,27,29)/t10-,11-,12+/m0/s1. The molecule has 0 radical (unpaired) electrons. The number of rotatable bonds is 5. The highest BCUT2D eigenvalue weighted by Crippen LogP contribution is 2.33. The molecule has 0 aromatic carbocycles. The number of nitrogens with zero attached hydrogens (tertiary/aromatic N) is 3. The Labute approximate surface area is 199 Å². The van der Waals surface area contributed by atoms with Crippen molar-refractivity contribution in [3.05, 3.63) is 21.3 Å². The summed E-state index contributed by atoms with van der Waals surface area (Å²) in [4.78, 5) is 37.8. The predicted molar refractivity (Wildman–Crippen MR) is 124 cm³/mol. The van der Waals surface area contributed by atoms with Crippen LogP contribution >= 0.6 is 23.4 Å². The molecule has 0 unspecified atom stereocenters. The first-order chi connectivity index (χ1) is 15.6. The first-order valence-corrected chi connectivity index (χ1v) is 12.4. The minimum atomic E-state index is -0.862. The number of aromatic amines is 1. The highest BCUT2D eigenvalue weighted by atomic mass is 35.5. The van der Waals surface area contributed by atoms with Crippen LogP contribution in [0.5, 0.6) is 5.88 Å². The van der Waals surface area contributed by atoms with Crippen LogP contribution in [-0.2, 0) is 4.74 Å². The van der Waals surface area contributed by atoms with Crippen LogP contribution in [0.2, 0.25) is 5.15 Å². The fraction of sp³-hybridized carbons (Fsp3) is 0.619. The Morgan fingerprint density at radius 3 is 2.79 bits per heavy atom. The van der Waals surface area contributed by atoms with E-state index in [0.29, 0.717) is 13.0 Å². The van der Waals surface area contributed by atoms with Crippen LogP contribution < -0.4 is 15.6 Å². The highest BCUT2D eigenvalue weighted by molar-refractivity contribution is 7.98. The second kappa shape index (κ2) is 9.27. The number of carbonyl (C=O) groups excluding carboxylic acids is 1. The number of hydrogen-bond acceptors (Lipinski definition) is 8. The Morgan fingerprint density at radius 1 is 1.33 bits per heavy atom. The Hall–Kier alpha value is -2.11. The molecule has 2 bridgehead atoms. The molecule has 2 fully saturated rings. The van der Waals surface area contributed by atoms with Gasteiger partial charge in [0.2, 0.25) is 5.88 Å². The van der Waals surface area contributed by atoms with E-state index in [9.17, 15) is 14.0 Å². The van der Waals surface area contributed by atoms with Gasteiger partial charge < -0.3 is 19.8 Å². The number of pyridine rings is 1. The predicted octanol–water partition coefficient (Wildman–Crippen LogP) is 3.34. The molecule has 2 aromatic rings. The number of halogens is 2. The average molecular weight is 500 g/mol. The molecule has 0 spiro atoms. The third-order valence-electron chi connectivity index (χ3n) is 5.79. The lowest BCUT2D eigenvalue weighted by molar-refractivity contribution is 0.00289. The second-order valence-electron chi connectivity index (χ2n) is 9.16. The van der Waals surface area contributed by atoms with Gasteiger partial charge in [0.05, 0.1) is 12.6 Å². The maximum absolute atomic E-state index is 14.5. The Bertz CT molecular complexity index is 1120. The normalized spacial score (nSPS) is 22.6. The van der Waals surface area contributed by atoms with Crippen LogP contribution in [0.1, 0.15) is 40.0 Å². The summed E-state index contributed by atoms with van der Waals surface area (Å²) in [5, 5.41) is 3.26. The number of nitrogens with one attached hydrogen (secondary N) is 2. The van der Waals surface area contributed by atoms with Crippen molar-refractivity contribution in [2.75, 3.05) is 19.4 Å². The van der Waals surface area contributed by atoms with Crippen molar-refractivity contribution < 1.29 is 18.7 Å². The van der Waals surface area contributed by atoms with Gasteiger partial charge in [-0.1, -0.05) is 23.4 Å². The van der Waals surface area contributed by atoms with Gasteiger partial charge in [0.25, 0.3) is 5.56 Å². The monoisotopic (exact) mass is 499 g/mol. The van der Waals surface area contributed by atoms with Gasteiger partial charge in [-0.15, -0.1) is 0 Å². The molecular formula is C21H27ClFN5O4S. The van der Waals surface area contributed by atoms with Crippen molar-refractivity contribution in [2.24, 2.45) is 0 Å². The highest BCUT2D eigenvalue weighted by Gasteiger charge is 2.46. The van der Waals surface area contributed by atoms with Gasteiger partial charge in [0, 0.05) is 18.6 Å². The van der Waals surface area contributed by atoms with Crippen LogP contribution in [0, 0.1) is 5.82 Å². The molecule has 33 heavy (non-hydrogen) atoms. The van der Waals surface area contributed by atoms with E-state index in [4.69, 9.17) is 21.1 Å². The molecule has 2 N–H and O–H groups in total. The number of ether oxygens (including phenoxy) is 2. The van der Waals surface area contributed by atoms with Crippen LogP contribution in [0.15, 0.2) is 9.95 Å². The lowest BCUT2D eigenvalue weighted by atomic mass is 10.0. The molecule has 12 heteroatoms. The van der Waals surface area contributed by atoms with Gasteiger partial charge >= 0.3 is 6.09 Å². The topological polar surface area (TPSA) is 109 Å². The molecular weight excluding hydrogens is 473 g/mol. The molecule has 9 nitrogen and oxygen atoms in total. The van der Waals surface area contributed by atoms with E-state index in [1.54, 1.807) is 6.26 Å². The van der Waals surface area contributed by atoms with E-state index in [1.165, 1.54) is 11.8 Å². The van der Waals surface area contributed by atoms with Crippen LogP contribution in [0.3, 0.4) is 0 Å². The molecule has 2 aliphatic rings. The van der Waals surface area contributed by atoms with Crippen LogP contribution in [-0.4, -0.2) is 69.1 Å². The maximum atomic E-state index is 14.5. The maximum Gasteiger partial charge on any atom is 0.410 e. The average Bonchev–Trinajstić information content (AvgIpc) is 3.06. The molecule has 2 aromatic heterocycles. The molecule has 2 saturated heterocycles. The smallest absolute Gasteiger partial charge is 0.410 e. The van der Waals surface area contributed by atoms with E-state index in [0.717, 1.165) is 12.8 Å². The third-order valence-corrected chi connectivity index (χ3v) is 6.62. The van der Waals surface area contributed by atoms with Gasteiger partial charge in [0.15, 0.2) is 16.1 Å². The molecule has 4 heterocycles. The molecule has 4 rings (SSSR count). The first kappa shape index (κ1) is 24.0.